The highest BCUT2D eigenvalue weighted by atomic mass is 16.5. The predicted octanol–water partition coefficient (Wildman–Crippen LogP) is 3.16. The predicted molar refractivity (Wildman–Crippen MR) is 94.7 cm³/mol. The Labute approximate surface area is 146 Å². The van der Waals surface area contributed by atoms with Crippen LogP contribution in [0.5, 0.6) is 5.75 Å². The Morgan fingerprint density at radius 3 is 2.56 bits per heavy atom. The SMILES string of the molecule is CCc1ccc(-c2nnn(Cc3cc(C(C)=O)ccc3OC)n2)cc1. The summed E-state index contributed by atoms with van der Waals surface area (Å²) in [5, 5.41) is 12.7. The van der Waals surface area contributed by atoms with Gasteiger partial charge in [-0.1, -0.05) is 31.2 Å². The van der Waals surface area contributed by atoms with Crippen LogP contribution < -0.4 is 4.74 Å². The minimum absolute atomic E-state index is 0.00663. The Bertz CT molecular complexity index is 885. The van der Waals surface area contributed by atoms with Crippen LogP contribution in [0.15, 0.2) is 42.5 Å². The molecule has 6 heteroatoms. The van der Waals surface area contributed by atoms with E-state index in [4.69, 9.17) is 4.74 Å². The van der Waals surface area contributed by atoms with Crippen LogP contribution in [0.25, 0.3) is 11.4 Å². The lowest BCUT2D eigenvalue weighted by atomic mass is 10.1. The third kappa shape index (κ3) is 3.74. The lowest BCUT2D eigenvalue weighted by Crippen LogP contribution is -2.07. The third-order valence-corrected chi connectivity index (χ3v) is 4.07. The molecule has 25 heavy (non-hydrogen) atoms. The number of hydrogen-bond acceptors (Lipinski definition) is 5. The molecule has 0 aliphatic heterocycles. The smallest absolute Gasteiger partial charge is 0.204 e. The summed E-state index contributed by atoms with van der Waals surface area (Å²) in [5.41, 5.74) is 3.65. The van der Waals surface area contributed by atoms with Crippen molar-refractivity contribution >= 4 is 5.78 Å². The molecular weight excluding hydrogens is 316 g/mol. The van der Waals surface area contributed by atoms with Crippen molar-refractivity contribution in [2.24, 2.45) is 0 Å². The van der Waals surface area contributed by atoms with Crippen molar-refractivity contribution in [1.29, 1.82) is 0 Å². The lowest BCUT2D eigenvalue weighted by molar-refractivity contribution is 0.101. The summed E-state index contributed by atoms with van der Waals surface area (Å²) in [5.74, 6) is 1.27. The van der Waals surface area contributed by atoms with E-state index in [2.05, 4.69) is 34.5 Å². The monoisotopic (exact) mass is 336 g/mol. The van der Waals surface area contributed by atoms with Crippen LogP contribution in [-0.4, -0.2) is 33.1 Å². The number of ether oxygens (including phenoxy) is 1. The standard InChI is InChI=1S/C19H20N4O2/c1-4-14-5-7-15(8-6-14)19-20-22-23(21-19)12-17-11-16(13(2)24)9-10-18(17)25-3/h5-11H,4,12H2,1-3H3. The molecule has 3 aromatic rings. The highest BCUT2D eigenvalue weighted by molar-refractivity contribution is 5.94. The van der Waals surface area contributed by atoms with Gasteiger partial charge < -0.3 is 4.74 Å². The first-order valence-electron chi connectivity index (χ1n) is 8.15. The number of methoxy groups -OCH3 is 1. The summed E-state index contributed by atoms with van der Waals surface area (Å²) in [6.45, 7) is 4.04. The van der Waals surface area contributed by atoms with Gasteiger partial charge in [0.15, 0.2) is 5.78 Å². The number of ketones is 1. The molecule has 0 radical (unpaired) electrons. The van der Waals surface area contributed by atoms with Crippen molar-refractivity contribution in [2.45, 2.75) is 26.8 Å². The van der Waals surface area contributed by atoms with Gasteiger partial charge in [-0.2, -0.15) is 4.80 Å². The Hall–Kier alpha value is -3.02. The number of Topliss-reactive ketones (excluding diaryl/α,β-unsaturated/α-hetero) is 1. The second kappa shape index (κ2) is 7.25. The molecule has 0 saturated heterocycles. The van der Waals surface area contributed by atoms with E-state index in [9.17, 15) is 4.79 Å². The zero-order valence-corrected chi connectivity index (χ0v) is 14.6. The number of rotatable bonds is 6. The van der Waals surface area contributed by atoms with Crippen molar-refractivity contribution in [3.05, 3.63) is 59.2 Å². The first kappa shape index (κ1) is 16.8. The van der Waals surface area contributed by atoms with E-state index in [0.29, 0.717) is 23.7 Å². The van der Waals surface area contributed by atoms with Crippen molar-refractivity contribution in [3.63, 3.8) is 0 Å². The van der Waals surface area contributed by atoms with Crippen molar-refractivity contribution in [2.75, 3.05) is 7.11 Å². The average molecular weight is 336 g/mol. The highest BCUT2D eigenvalue weighted by Gasteiger charge is 2.11. The first-order chi connectivity index (χ1) is 12.1. The molecule has 0 aliphatic rings. The maximum Gasteiger partial charge on any atom is 0.204 e. The first-order valence-corrected chi connectivity index (χ1v) is 8.15. The van der Waals surface area contributed by atoms with Crippen molar-refractivity contribution < 1.29 is 9.53 Å². The van der Waals surface area contributed by atoms with Gasteiger partial charge >= 0.3 is 0 Å². The number of tetrazole rings is 1. The number of aryl methyl sites for hydroxylation is 1. The number of carbonyl (C=O) groups is 1. The number of carbonyl (C=O) groups excluding carboxylic acids is 1. The van der Waals surface area contributed by atoms with Crippen molar-refractivity contribution in [3.8, 4) is 17.1 Å². The Kier molecular flexibility index (Phi) is 4.88. The van der Waals surface area contributed by atoms with Crippen LogP contribution in [0.2, 0.25) is 0 Å². The summed E-state index contributed by atoms with van der Waals surface area (Å²) in [7, 11) is 1.60. The van der Waals surface area contributed by atoms with E-state index in [1.807, 2.05) is 12.1 Å². The largest absolute Gasteiger partial charge is 0.496 e. The van der Waals surface area contributed by atoms with Gasteiger partial charge in [-0.15, -0.1) is 10.2 Å². The topological polar surface area (TPSA) is 69.9 Å². The quantitative estimate of drug-likeness (QED) is 0.647. The number of benzene rings is 2. The molecular formula is C19H20N4O2. The van der Waals surface area contributed by atoms with Crippen LogP contribution in [0.1, 0.15) is 35.3 Å². The van der Waals surface area contributed by atoms with Gasteiger partial charge in [-0.25, -0.2) is 0 Å². The zero-order chi connectivity index (χ0) is 17.8. The van der Waals surface area contributed by atoms with E-state index in [1.165, 1.54) is 17.3 Å². The van der Waals surface area contributed by atoms with Crippen LogP contribution in [0.4, 0.5) is 0 Å². The van der Waals surface area contributed by atoms with E-state index in [0.717, 1.165) is 17.5 Å². The second-order valence-electron chi connectivity index (χ2n) is 5.78. The molecule has 0 amide bonds. The summed E-state index contributed by atoms with van der Waals surface area (Å²) in [6, 6.07) is 13.5. The molecule has 1 aromatic heterocycles. The molecule has 3 rings (SSSR count). The van der Waals surface area contributed by atoms with Gasteiger partial charge in [0.05, 0.1) is 13.7 Å². The lowest BCUT2D eigenvalue weighted by Gasteiger charge is -2.09. The summed E-state index contributed by atoms with van der Waals surface area (Å²) in [6.07, 6.45) is 0.993. The normalized spacial score (nSPS) is 10.7. The van der Waals surface area contributed by atoms with E-state index in [-0.39, 0.29) is 5.78 Å². The number of nitrogens with zero attached hydrogens (tertiary/aromatic N) is 4. The fraction of sp³-hybridized carbons (Fsp3) is 0.263. The Morgan fingerprint density at radius 2 is 1.92 bits per heavy atom. The number of aromatic nitrogens is 4. The highest BCUT2D eigenvalue weighted by Crippen LogP contribution is 2.21. The average Bonchev–Trinajstić information content (AvgIpc) is 3.10. The van der Waals surface area contributed by atoms with E-state index < -0.39 is 0 Å². The molecule has 0 fully saturated rings. The molecule has 128 valence electrons. The van der Waals surface area contributed by atoms with Crippen LogP contribution >= 0.6 is 0 Å². The molecule has 0 spiro atoms. The summed E-state index contributed by atoms with van der Waals surface area (Å²) >= 11 is 0. The van der Waals surface area contributed by atoms with Crippen LogP contribution in [0, 0.1) is 0 Å². The fourth-order valence-electron chi connectivity index (χ4n) is 2.59. The summed E-state index contributed by atoms with van der Waals surface area (Å²) in [4.78, 5) is 13.1. The van der Waals surface area contributed by atoms with Crippen molar-refractivity contribution in [1.82, 2.24) is 20.2 Å². The molecule has 0 unspecified atom stereocenters. The van der Waals surface area contributed by atoms with Crippen LogP contribution in [0.3, 0.4) is 0 Å². The molecule has 1 heterocycles. The van der Waals surface area contributed by atoms with E-state index >= 15 is 0 Å². The molecule has 2 aromatic carbocycles. The molecule has 0 N–H and O–H groups in total. The van der Waals surface area contributed by atoms with Gasteiger partial charge in [-0.05, 0) is 42.3 Å². The van der Waals surface area contributed by atoms with Crippen LogP contribution in [-0.2, 0) is 13.0 Å². The van der Waals surface area contributed by atoms with E-state index in [1.54, 1.807) is 25.3 Å². The van der Waals surface area contributed by atoms with Gasteiger partial charge in [0.2, 0.25) is 5.82 Å². The Balaban J connectivity index is 1.85. The van der Waals surface area contributed by atoms with Gasteiger partial charge in [0.1, 0.15) is 5.75 Å². The molecule has 6 nitrogen and oxygen atoms in total. The molecule has 0 bridgehead atoms. The minimum Gasteiger partial charge on any atom is -0.496 e. The van der Waals surface area contributed by atoms with Gasteiger partial charge in [0, 0.05) is 16.7 Å². The molecule has 0 saturated carbocycles. The van der Waals surface area contributed by atoms with Gasteiger partial charge in [-0.3, -0.25) is 4.79 Å². The third-order valence-electron chi connectivity index (χ3n) is 4.07. The number of hydrogen-bond donors (Lipinski definition) is 0. The second-order valence-corrected chi connectivity index (χ2v) is 5.78. The Morgan fingerprint density at radius 1 is 1.16 bits per heavy atom. The summed E-state index contributed by atoms with van der Waals surface area (Å²) < 4.78 is 5.37. The maximum absolute atomic E-state index is 11.6. The maximum atomic E-state index is 11.6. The molecule has 0 aliphatic carbocycles. The fourth-order valence-corrected chi connectivity index (χ4v) is 2.59. The van der Waals surface area contributed by atoms with Gasteiger partial charge in [0.25, 0.3) is 0 Å². The minimum atomic E-state index is 0.00663. The molecule has 0 atom stereocenters. The zero-order valence-electron chi connectivity index (χ0n) is 14.6.